The van der Waals surface area contributed by atoms with Crippen molar-refractivity contribution < 1.29 is 4.79 Å². The Kier molecular flexibility index (Phi) is 5.36. The summed E-state index contributed by atoms with van der Waals surface area (Å²) in [4.78, 5) is 17.9. The molecule has 0 radical (unpaired) electrons. The van der Waals surface area contributed by atoms with E-state index < -0.39 is 0 Å². The van der Waals surface area contributed by atoms with E-state index >= 15 is 0 Å². The normalized spacial score (nSPS) is 18.5. The van der Waals surface area contributed by atoms with Crippen molar-refractivity contribution in [2.24, 2.45) is 0 Å². The molecule has 1 aliphatic rings. The summed E-state index contributed by atoms with van der Waals surface area (Å²) in [5.74, 6) is 0.900. The van der Waals surface area contributed by atoms with Crippen molar-refractivity contribution in [3.8, 4) is 0 Å². The van der Waals surface area contributed by atoms with Gasteiger partial charge < -0.3 is 9.80 Å². The third-order valence-corrected chi connectivity index (χ3v) is 2.75. The van der Waals surface area contributed by atoms with Crippen LogP contribution in [0.2, 0.25) is 0 Å². The fourth-order valence-corrected chi connectivity index (χ4v) is 1.95. The van der Waals surface area contributed by atoms with Gasteiger partial charge >= 0.3 is 0 Å². The number of alkyl halides is 1. The van der Waals surface area contributed by atoms with Gasteiger partial charge in [-0.25, -0.2) is 0 Å². The zero-order chi connectivity index (χ0) is 11.3. The Labute approximate surface area is 96.8 Å². The standard InChI is InChI=1S/C10H20ClN3O/c1-12(2)9-10(15)14-7-5-13(4-3-11)6-8-14/h3-9H2,1-2H3. The third-order valence-electron chi connectivity index (χ3n) is 2.58. The van der Waals surface area contributed by atoms with Crippen LogP contribution in [0.3, 0.4) is 0 Å². The zero-order valence-electron chi connectivity index (χ0n) is 9.58. The molecule has 0 aromatic heterocycles. The molecule has 0 spiro atoms. The number of amides is 1. The molecule has 0 saturated carbocycles. The lowest BCUT2D eigenvalue weighted by Gasteiger charge is -2.34. The summed E-state index contributed by atoms with van der Waals surface area (Å²) in [7, 11) is 3.84. The predicted octanol–water partition coefficient (Wildman–Crippen LogP) is -0.0690. The Morgan fingerprint density at radius 1 is 1.27 bits per heavy atom. The van der Waals surface area contributed by atoms with Crippen LogP contribution in [-0.4, -0.2) is 79.9 Å². The summed E-state index contributed by atoms with van der Waals surface area (Å²) in [6.45, 7) is 5.01. The number of rotatable bonds is 4. The van der Waals surface area contributed by atoms with Gasteiger partial charge in [0.15, 0.2) is 0 Å². The summed E-state index contributed by atoms with van der Waals surface area (Å²) in [6, 6.07) is 0. The summed E-state index contributed by atoms with van der Waals surface area (Å²) >= 11 is 5.67. The Morgan fingerprint density at radius 2 is 1.87 bits per heavy atom. The molecule has 1 amide bonds. The van der Waals surface area contributed by atoms with Gasteiger partial charge in [-0.15, -0.1) is 11.6 Å². The summed E-state index contributed by atoms with van der Waals surface area (Å²) < 4.78 is 0. The molecule has 0 aliphatic carbocycles. The first-order valence-electron chi connectivity index (χ1n) is 5.34. The quantitative estimate of drug-likeness (QED) is 0.637. The second-order valence-electron chi connectivity index (χ2n) is 4.15. The summed E-state index contributed by atoms with van der Waals surface area (Å²) in [5, 5.41) is 0. The fourth-order valence-electron chi connectivity index (χ4n) is 1.71. The van der Waals surface area contributed by atoms with Crippen LogP contribution in [0.15, 0.2) is 0 Å². The molecule has 1 heterocycles. The van der Waals surface area contributed by atoms with Gasteiger partial charge in [-0.3, -0.25) is 9.69 Å². The van der Waals surface area contributed by atoms with Gasteiger partial charge in [-0.1, -0.05) is 0 Å². The lowest BCUT2D eigenvalue weighted by atomic mass is 10.3. The summed E-state index contributed by atoms with van der Waals surface area (Å²) in [6.07, 6.45) is 0. The number of piperazine rings is 1. The molecule has 4 nitrogen and oxygen atoms in total. The van der Waals surface area contributed by atoms with Gasteiger partial charge in [0, 0.05) is 38.6 Å². The molecule has 0 aromatic carbocycles. The minimum atomic E-state index is 0.227. The van der Waals surface area contributed by atoms with Crippen molar-refractivity contribution in [3.05, 3.63) is 0 Å². The van der Waals surface area contributed by atoms with E-state index in [0.29, 0.717) is 12.4 Å². The third kappa shape index (κ3) is 4.36. The Balaban J connectivity index is 2.27. The van der Waals surface area contributed by atoms with Crippen molar-refractivity contribution in [2.45, 2.75) is 0 Å². The smallest absolute Gasteiger partial charge is 0.236 e. The van der Waals surface area contributed by atoms with E-state index in [-0.39, 0.29) is 5.91 Å². The van der Waals surface area contributed by atoms with E-state index in [1.165, 1.54) is 0 Å². The van der Waals surface area contributed by atoms with Crippen LogP contribution in [0.25, 0.3) is 0 Å². The maximum absolute atomic E-state index is 11.7. The van der Waals surface area contributed by atoms with Crippen LogP contribution in [0.4, 0.5) is 0 Å². The maximum Gasteiger partial charge on any atom is 0.236 e. The summed E-state index contributed by atoms with van der Waals surface area (Å²) in [5.41, 5.74) is 0. The van der Waals surface area contributed by atoms with Gasteiger partial charge in [-0.05, 0) is 14.1 Å². The van der Waals surface area contributed by atoms with Crippen molar-refractivity contribution >= 4 is 17.5 Å². The number of carbonyl (C=O) groups is 1. The Morgan fingerprint density at radius 3 is 2.33 bits per heavy atom. The van der Waals surface area contributed by atoms with E-state index in [2.05, 4.69) is 4.90 Å². The number of likely N-dealkylation sites (N-methyl/N-ethyl adjacent to an activating group) is 1. The van der Waals surface area contributed by atoms with Gasteiger partial charge in [-0.2, -0.15) is 0 Å². The van der Waals surface area contributed by atoms with Crippen LogP contribution < -0.4 is 0 Å². The lowest BCUT2D eigenvalue weighted by molar-refractivity contribution is -0.133. The minimum absolute atomic E-state index is 0.227. The minimum Gasteiger partial charge on any atom is -0.339 e. The predicted molar refractivity (Wildman–Crippen MR) is 62.3 cm³/mol. The van der Waals surface area contributed by atoms with Crippen LogP contribution in [0.1, 0.15) is 0 Å². The van der Waals surface area contributed by atoms with Gasteiger partial charge in [0.25, 0.3) is 0 Å². The molecule has 5 heteroatoms. The molecule has 1 aliphatic heterocycles. The van der Waals surface area contributed by atoms with Gasteiger partial charge in [0.1, 0.15) is 0 Å². The highest BCUT2D eigenvalue weighted by Crippen LogP contribution is 2.02. The monoisotopic (exact) mass is 233 g/mol. The number of hydrogen-bond acceptors (Lipinski definition) is 3. The largest absolute Gasteiger partial charge is 0.339 e. The number of halogens is 1. The topological polar surface area (TPSA) is 26.8 Å². The van der Waals surface area contributed by atoms with E-state index in [0.717, 1.165) is 32.7 Å². The highest BCUT2D eigenvalue weighted by Gasteiger charge is 2.20. The van der Waals surface area contributed by atoms with Crippen LogP contribution >= 0.6 is 11.6 Å². The van der Waals surface area contributed by atoms with E-state index in [1.54, 1.807) is 0 Å². The van der Waals surface area contributed by atoms with Crippen molar-refractivity contribution in [2.75, 3.05) is 59.2 Å². The second kappa shape index (κ2) is 6.30. The maximum atomic E-state index is 11.7. The average molecular weight is 234 g/mol. The fraction of sp³-hybridized carbons (Fsp3) is 0.900. The highest BCUT2D eigenvalue weighted by molar-refractivity contribution is 6.18. The second-order valence-corrected chi connectivity index (χ2v) is 4.53. The van der Waals surface area contributed by atoms with E-state index in [9.17, 15) is 4.79 Å². The van der Waals surface area contributed by atoms with Crippen LogP contribution in [-0.2, 0) is 4.79 Å². The molecular formula is C10H20ClN3O. The van der Waals surface area contributed by atoms with E-state index in [1.807, 2.05) is 23.9 Å². The molecule has 1 fully saturated rings. The van der Waals surface area contributed by atoms with Crippen molar-refractivity contribution in [1.82, 2.24) is 14.7 Å². The average Bonchev–Trinajstić information content (AvgIpc) is 2.18. The molecule has 0 atom stereocenters. The molecule has 15 heavy (non-hydrogen) atoms. The molecule has 0 N–H and O–H groups in total. The van der Waals surface area contributed by atoms with Crippen LogP contribution in [0, 0.1) is 0 Å². The Hall–Kier alpha value is -0.320. The lowest BCUT2D eigenvalue weighted by Crippen LogP contribution is -2.50. The van der Waals surface area contributed by atoms with Crippen LogP contribution in [0.5, 0.6) is 0 Å². The van der Waals surface area contributed by atoms with Gasteiger partial charge in [0.2, 0.25) is 5.91 Å². The SMILES string of the molecule is CN(C)CC(=O)N1CCN(CCCl)CC1. The molecule has 1 saturated heterocycles. The van der Waals surface area contributed by atoms with E-state index in [4.69, 9.17) is 11.6 Å². The first kappa shape index (κ1) is 12.7. The Bertz CT molecular complexity index is 203. The molecule has 0 unspecified atom stereocenters. The number of carbonyl (C=O) groups excluding carboxylic acids is 1. The zero-order valence-corrected chi connectivity index (χ0v) is 10.3. The van der Waals surface area contributed by atoms with Gasteiger partial charge in [0.05, 0.1) is 6.54 Å². The number of nitrogens with zero attached hydrogens (tertiary/aromatic N) is 3. The molecule has 0 aromatic rings. The first-order valence-corrected chi connectivity index (χ1v) is 5.87. The highest BCUT2D eigenvalue weighted by atomic mass is 35.5. The number of hydrogen-bond donors (Lipinski definition) is 0. The molecular weight excluding hydrogens is 214 g/mol. The molecule has 88 valence electrons. The molecule has 1 rings (SSSR count). The van der Waals surface area contributed by atoms with Crippen molar-refractivity contribution in [3.63, 3.8) is 0 Å². The first-order chi connectivity index (χ1) is 7.13. The van der Waals surface area contributed by atoms with Crippen molar-refractivity contribution in [1.29, 1.82) is 0 Å². The molecule has 0 bridgehead atoms.